The van der Waals surface area contributed by atoms with Crippen LogP contribution in [0.15, 0.2) is 35.2 Å². The highest BCUT2D eigenvalue weighted by Gasteiger charge is 2.17. The van der Waals surface area contributed by atoms with Gasteiger partial charge in [-0.2, -0.15) is 0 Å². The van der Waals surface area contributed by atoms with Crippen LogP contribution in [0.3, 0.4) is 0 Å². The SMILES string of the molecule is CN(Cl)S(=O)(=O)c1ccccc1. The zero-order chi connectivity index (χ0) is 9.19. The van der Waals surface area contributed by atoms with E-state index in [-0.39, 0.29) is 4.90 Å². The maximum absolute atomic E-state index is 11.3. The summed E-state index contributed by atoms with van der Waals surface area (Å²) in [4.78, 5) is 0.197. The van der Waals surface area contributed by atoms with E-state index >= 15 is 0 Å². The summed E-state index contributed by atoms with van der Waals surface area (Å²) in [6.45, 7) is 0. The molecule has 0 saturated carbocycles. The lowest BCUT2D eigenvalue weighted by Crippen LogP contribution is -2.16. The van der Waals surface area contributed by atoms with Crippen LogP contribution in [0.25, 0.3) is 0 Å². The van der Waals surface area contributed by atoms with Crippen LogP contribution in [0.1, 0.15) is 0 Å². The lowest BCUT2D eigenvalue weighted by molar-refractivity contribution is 0.561. The molecule has 12 heavy (non-hydrogen) atoms. The molecule has 1 aromatic carbocycles. The molecule has 1 aromatic rings. The van der Waals surface area contributed by atoms with E-state index in [2.05, 4.69) is 0 Å². The van der Waals surface area contributed by atoms with Gasteiger partial charge in [0.05, 0.1) is 4.90 Å². The Bertz CT molecular complexity index is 347. The molecule has 0 heterocycles. The Morgan fingerprint density at radius 3 is 2.17 bits per heavy atom. The third-order valence-electron chi connectivity index (χ3n) is 1.37. The van der Waals surface area contributed by atoms with E-state index in [4.69, 9.17) is 11.8 Å². The molecule has 3 nitrogen and oxygen atoms in total. The van der Waals surface area contributed by atoms with Crippen LogP contribution in [-0.4, -0.2) is 19.3 Å². The molecule has 0 radical (unpaired) electrons. The largest absolute Gasteiger partial charge is 0.256 e. The number of nitrogens with zero attached hydrogens (tertiary/aromatic N) is 1. The molecule has 0 aromatic heterocycles. The summed E-state index contributed by atoms with van der Waals surface area (Å²) in [5.74, 6) is 0. The van der Waals surface area contributed by atoms with E-state index in [0.717, 1.165) is 0 Å². The molecule has 0 N–H and O–H groups in total. The maximum Gasteiger partial charge on any atom is 0.256 e. The van der Waals surface area contributed by atoms with Crippen LogP contribution in [0.4, 0.5) is 0 Å². The van der Waals surface area contributed by atoms with Crippen LogP contribution in [0.2, 0.25) is 0 Å². The van der Waals surface area contributed by atoms with Crippen molar-refractivity contribution in [3.8, 4) is 0 Å². The van der Waals surface area contributed by atoms with E-state index in [0.29, 0.717) is 3.82 Å². The summed E-state index contributed by atoms with van der Waals surface area (Å²) in [6, 6.07) is 8.02. The third kappa shape index (κ3) is 1.77. The molecular formula is C7H8ClNO2S. The van der Waals surface area contributed by atoms with E-state index in [1.54, 1.807) is 18.2 Å². The van der Waals surface area contributed by atoms with E-state index < -0.39 is 10.0 Å². The van der Waals surface area contributed by atoms with Crippen molar-refractivity contribution in [2.75, 3.05) is 7.05 Å². The number of rotatable bonds is 2. The zero-order valence-electron chi connectivity index (χ0n) is 6.44. The average molecular weight is 206 g/mol. The second-order valence-corrected chi connectivity index (χ2v) is 4.89. The predicted molar refractivity (Wildman–Crippen MR) is 47.2 cm³/mol. The molecule has 0 saturated heterocycles. The van der Waals surface area contributed by atoms with Crippen molar-refractivity contribution in [3.63, 3.8) is 0 Å². The Balaban J connectivity index is 3.17. The maximum atomic E-state index is 11.3. The van der Waals surface area contributed by atoms with Crippen molar-refractivity contribution in [2.45, 2.75) is 4.90 Å². The Morgan fingerprint density at radius 1 is 1.25 bits per heavy atom. The summed E-state index contributed by atoms with van der Waals surface area (Å²) < 4.78 is 23.3. The molecule has 0 bridgehead atoms. The van der Waals surface area contributed by atoms with Gasteiger partial charge in [-0.05, 0) is 23.9 Å². The molecule has 1 rings (SSSR count). The van der Waals surface area contributed by atoms with E-state index in [9.17, 15) is 8.42 Å². The normalized spacial score (nSPS) is 11.9. The first-order chi connectivity index (χ1) is 5.55. The fraction of sp³-hybridized carbons (Fsp3) is 0.143. The Morgan fingerprint density at radius 2 is 1.75 bits per heavy atom. The highest BCUT2D eigenvalue weighted by Crippen LogP contribution is 2.14. The minimum absolute atomic E-state index is 0.197. The number of hydrogen-bond donors (Lipinski definition) is 0. The van der Waals surface area contributed by atoms with E-state index in [1.807, 2.05) is 0 Å². The van der Waals surface area contributed by atoms with E-state index in [1.165, 1.54) is 19.2 Å². The van der Waals surface area contributed by atoms with Gasteiger partial charge >= 0.3 is 0 Å². The Hall–Kier alpha value is -0.580. The number of sulfonamides is 1. The number of halogens is 1. The fourth-order valence-corrected chi connectivity index (χ4v) is 1.77. The summed E-state index contributed by atoms with van der Waals surface area (Å²) in [5.41, 5.74) is 0. The van der Waals surface area contributed by atoms with Gasteiger partial charge in [0.25, 0.3) is 10.0 Å². The quantitative estimate of drug-likeness (QED) is 0.686. The molecule has 0 unspecified atom stereocenters. The summed E-state index contributed by atoms with van der Waals surface area (Å²) in [7, 11) is -2.20. The molecule has 0 atom stereocenters. The van der Waals surface area contributed by atoms with Crippen molar-refractivity contribution in [2.24, 2.45) is 0 Å². The highest BCUT2D eigenvalue weighted by molar-refractivity contribution is 7.90. The summed E-state index contributed by atoms with van der Waals surface area (Å²) in [5, 5.41) is 0. The van der Waals surface area contributed by atoms with Gasteiger partial charge in [-0.25, -0.2) is 8.42 Å². The van der Waals surface area contributed by atoms with Crippen molar-refractivity contribution in [1.82, 2.24) is 3.82 Å². The van der Waals surface area contributed by atoms with Gasteiger partial charge in [-0.15, -0.1) is 3.82 Å². The molecule has 0 amide bonds. The van der Waals surface area contributed by atoms with Gasteiger partial charge in [0.15, 0.2) is 0 Å². The zero-order valence-corrected chi connectivity index (χ0v) is 8.01. The molecule has 0 aliphatic heterocycles. The molecule has 0 aliphatic rings. The first-order valence-corrected chi connectivity index (χ1v) is 5.03. The van der Waals surface area contributed by atoms with Crippen LogP contribution in [0.5, 0.6) is 0 Å². The molecule has 0 fully saturated rings. The summed E-state index contributed by atoms with van der Waals surface area (Å²) >= 11 is 5.35. The molecule has 0 aliphatic carbocycles. The van der Waals surface area contributed by atoms with Crippen molar-refractivity contribution < 1.29 is 8.42 Å². The standard InChI is InChI=1S/C7H8ClNO2S/c1-9(8)12(10,11)7-5-3-2-4-6-7/h2-6H,1H3. The van der Waals surface area contributed by atoms with Crippen LogP contribution < -0.4 is 0 Å². The predicted octanol–water partition coefficient (Wildman–Crippen LogP) is 1.46. The monoisotopic (exact) mass is 205 g/mol. The van der Waals surface area contributed by atoms with Crippen LogP contribution >= 0.6 is 11.8 Å². The second kappa shape index (κ2) is 3.43. The highest BCUT2D eigenvalue weighted by atomic mass is 35.5. The molecule has 0 spiro atoms. The third-order valence-corrected chi connectivity index (χ3v) is 3.45. The van der Waals surface area contributed by atoms with Crippen molar-refractivity contribution in [1.29, 1.82) is 0 Å². The van der Waals surface area contributed by atoms with Gasteiger partial charge in [0.2, 0.25) is 0 Å². The van der Waals surface area contributed by atoms with Crippen LogP contribution in [-0.2, 0) is 10.0 Å². The average Bonchev–Trinajstić information content (AvgIpc) is 2.06. The molecular weight excluding hydrogens is 198 g/mol. The Labute approximate surface area is 76.7 Å². The van der Waals surface area contributed by atoms with Gasteiger partial charge in [-0.1, -0.05) is 18.2 Å². The lowest BCUT2D eigenvalue weighted by atomic mass is 10.4. The van der Waals surface area contributed by atoms with Gasteiger partial charge in [0.1, 0.15) is 0 Å². The topological polar surface area (TPSA) is 37.4 Å². The van der Waals surface area contributed by atoms with Crippen LogP contribution in [0, 0.1) is 0 Å². The van der Waals surface area contributed by atoms with Crippen molar-refractivity contribution >= 4 is 21.8 Å². The minimum Gasteiger partial charge on any atom is -0.206 e. The molecule has 66 valence electrons. The van der Waals surface area contributed by atoms with Gasteiger partial charge in [0, 0.05) is 7.05 Å². The fourth-order valence-electron chi connectivity index (χ4n) is 0.738. The lowest BCUT2D eigenvalue weighted by Gasteiger charge is -2.07. The van der Waals surface area contributed by atoms with Gasteiger partial charge < -0.3 is 0 Å². The Kier molecular flexibility index (Phi) is 2.72. The second-order valence-electron chi connectivity index (χ2n) is 2.21. The van der Waals surface area contributed by atoms with Crippen molar-refractivity contribution in [3.05, 3.63) is 30.3 Å². The number of hydrogen-bond acceptors (Lipinski definition) is 2. The first-order valence-electron chi connectivity index (χ1n) is 3.25. The first kappa shape index (κ1) is 9.51. The summed E-state index contributed by atoms with van der Waals surface area (Å²) in [6.07, 6.45) is 0. The number of benzene rings is 1. The minimum atomic E-state index is -3.48. The molecule has 5 heteroatoms. The van der Waals surface area contributed by atoms with Gasteiger partial charge in [-0.3, -0.25) is 0 Å². The smallest absolute Gasteiger partial charge is 0.206 e.